The Morgan fingerprint density at radius 3 is 2.81 bits per heavy atom. The Bertz CT molecular complexity index is 850. The number of thioether (sulfide) groups is 1. The highest BCUT2D eigenvalue weighted by atomic mass is 32.2. The van der Waals surface area contributed by atoms with Crippen LogP contribution in [0.15, 0.2) is 34.2 Å². The first-order valence-corrected chi connectivity index (χ1v) is 9.91. The first-order valence-electron chi connectivity index (χ1n) is 8.92. The largest absolute Gasteiger partial charge is 0.493 e. The molecule has 0 spiro atoms. The van der Waals surface area contributed by atoms with Gasteiger partial charge in [0.25, 0.3) is 5.56 Å². The molecule has 1 aliphatic heterocycles. The highest BCUT2D eigenvalue weighted by Crippen LogP contribution is 2.38. The summed E-state index contributed by atoms with van der Waals surface area (Å²) in [6, 6.07) is 7.58. The van der Waals surface area contributed by atoms with Gasteiger partial charge in [0.05, 0.1) is 12.2 Å². The average Bonchev–Trinajstić information content (AvgIpc) is 2.64. The predicted octanol–water partition coefficient (Wildman–Crippen LogP) is 3.53. The molecule has 1 aromatic carbocycles. The minimum Gasteiger partial charge on any atom is -0.493 e. The minimum atomic E-state index is -0.367. The van der Waals surface area contributed by atoms with Crippen LogP contribution >= 0.6 is 11.8 Å². The third kappa shape index (κ3) is 3.93. The number of nitrogens with zero attached hydrogens (tertiary/aromatic N) is 1. The normalized spacial score (nSPS) is 16.1. The SMILES string of the molecule is CCCOc1ccccc1C1CC(=O)Nc2nc(SCCC)[nH]c(=O)c21. The highest BCUT2D eigenvalue weighted by Gasteiger charge is 2.32. The number of carbonyl (C=O) groups excluding carboxylic acids is 1. The van der Waals surface area contributed by atoms with Crippen molar-refractivity contribution in [1.82, 2.24) is 9.97 Å². The Morgan fingerprint density at radius 1 is 1.23 bits per heavy atom. The van der Waals surface area contributed by atoms with E-state index < -0.39 is 0 Å². The molecule has 0 saturated carbocycles. The maximum absolute atomic E-state index is 12.8. The lowest BCUT2D eigenvalue weighted by molar-refractivity contribution is -0.116. The molecular formula is C19H23N3O3S. The van der Waals surface area contributed by atoms with Crippen molar-refractivity contribution in [1.29, 1.82) is 0 Å². The number of aromatic amines is 1. The molecule has 1 unspecified atom stereocenters. The van der Waals surface area contributed by atoms with Crippen LogP contribution in [0.25, 0.3) is 0 Å². The fraction of sp³-hybridized carbons (Fsp3) is 0.421. The van der Waals surface area contributed by atoms with E-state index in [4.69, 9.17) is 4.74 Å². The van der Waals surface area contributed by atoms with Crippen LogP contribution < -0.4 is 15.6 Å². The van der Waals surface area contributed by atoms with Crippen LogP contribution in [0.5, 0.6) is 5.75 Å². The van der Waals surface area contributed by atoms with E-state index in [1.807, 2.05) is 31.2 Å². The van der Waals surface area contributed by atoms with Gasteiger partial charge in [-0.25, -0.2) is 4.98 Å². The lowest BCUT2D eigenvalue weighted by Gasteiger charge is -2.26. The standard InChI is InChI=1S/C19H23N3O3S/c1-3-9-25-14-8-6-5-7-12(14)13-11-15(23)20-17-16(13)18(24)22-19(21-17)26-10-4-2/h5-8,13H,3-4,9-11H2,1-2H3,(H2,20,21,22,23,24). The van der Waals surface area contributed by atoms with E-state index in [0.717, 1.165) is 24.2 Å². The number of nitrogens with one attached hydrogen (secondary N) is 2. The van der Waals surface area contributed by atoms with Crippen LogP contribution in [0.3, 0.4) is 0 Å². The number of hydrogen-bond acceptors (Lipinski definition) is 5. The van der Waals surface area contributed by atoms with Crippen molar-refractivity contribution in [2.24, 2.45) is 0 Å². The van der Waals surface area contributed by atoms with Crippen molar-refractivity contribution in [3.8, 4) is 5.75 Å². The average molecular weight is 373 g/mol. The third-order valence-corrected chi connectivity index (χ3v) is 5.21. The van der Waals surface area contributed by atoms with E-state index in [1.54, 1.807) is 0 Å². The lowest BCUT2D eigenvalue weighted by atomic mass is 9.86. The molecule has 138 valence electrons. The smallest absolute Gasteiger partial charge is 0.257 e. The minimum absolute atomic E-state index is 0.141. The second-order valence-corrected chi connectivity index (χ2v) is 7.26. The fourth-order valence-electron chi connectivity index (χ4n) is 3.00. The monoisotopic (exact) mass is 373 g/mol. The topological polar surface area (TPSA) is 84.1 Å². The van der Waals surface area contributed by atoms with Gasteiger partial charge in [0.2, 0.25) is 5.91 Å². The van der Waals surface area contributed by atoms with Gasteiger partial charge in [0, 0.05) is 23.7 Å². The van der Waals surface area contributed by atoms with Gasteiger partial charge < -0.3 is 15.0 Å². The van der Waals surface area contributed by atoms with E-state index >= 15 is 0 Å². The summed E-state index contributed by atoms with van der Waals surface area (Å²) in [6.45, 7) is 4.69. The number of H-pyrrole nitrogens is 1. The maximum atomic E-state index is 12.8. The van der Waals surface area contributed by atoms with Crippen LogP contribution in [0.1, 0.15) is 50.2 Å². The molecule has 2 N–H and O–H groups in total. The molecule has 1 atom stereocenters. The Balaban J connectivity index is 2.04. The van der Waals surface area contributed by atoms with Gasteiger partial charge in [-0.1, -0.05) is 43.8 Å². The number of carbonyl (C=O) groups is 1. The highest BCUT2D eigenvalue weighted by molar-refractivity contribution is 7.99. The van der Waals surface area contributed by atoms with Crippen molar-refractivity contribution >= 4 is 23.5 Å². The molecule has 0 radical (unpaired) electrons. The van der Waals surface area contributed by atoms with Gasteiger partial charge in [-0.2, -0.15) is 0 Å². The molecule has 2 aromatic rings. The summed E-state index contributed by atoms with van der Waals surface area (Å²) in [5.41, 5.74) is 1.14. The number of anilines is 1. The zero-order valence-electron chi connectivity index (χ0n) is 15.0. The summed E-state index contributed by atoms with van der Waals surface area (Å²) < 4.78 is 5.84. The summed E-state index contributed by atoms with van der Waals surface area (Å²) in [7, 11) is 0. The first kappa shape index (κ1) is 18.5. The van der Waals surface area contributed by atoms with E-state index in [1.165, 1.54) is 11.8 Å². The molecule has 6 nitrogen and oxygen atoms in total. The Morgan fingerprint density at radius 2 is 2.04 bits per heavy atom. The molecule has 0 aliphatic carbocycles. The number of hydrogen-bond donors (Lipinski definition) is 2. The number of amides is 1. The molecule has 0 saturated heterocycles. The summed E-state index contributed by atoms with van der Waals surface area (Å²) in [5.74, 6) is 1.42. The number of para-hydroxylation sites is 1. The van der Waals surface area contributed by atoms with E-state index in [9.17, 15) is 9.59 Å². The molecule has 0 bridgehead atoms. The number of aromatic nitrogens is 2. The molecule has 1 aliphatic rings. The van der Waals surface area contributed by atoms with E-state index in [0.29, 0.717) is 28.9 Å². The van der Waals surface area contributed by atoms with Gasteiger partial charge >= 0.3 is 0 Å². The number of ether oxygens (including phenoxy) is 1. The maximum Gasteiger partial charge on any atom is 0.257 e. The van der Waals surface area contributed by atoms with Gasteiger partial charge in [-0.05, 0) is 18.9 Å². The van der Waals surface area contributed by atoms with Gasteiger partial charge in [-0.3, -0.25) is 9.59 Å². The summed E-state index contributed by atoms with van der Waals surface area (Å²) in [4.78, 5) is 32.3. The molecule has 1 aromatic heterocycles. The van der Waals surface area contributed by atoms with Gasteiger partial charge in [0.15, 0.2) is 5.16 Å². The van der Waals surface area contributed by atoms with Gasteiger partial charge in [-0.15, -0.1) is 0 Å². The summed E-state index contributed by atoms with van der Waals surface area (Å²) in [6.07, 6.45) is 2.06. The van der Waals surface area contributed by atoms with Crippen LogP contribution in [-0.2, 0) is 4.79 Å². The zero-order chi connectivity index (χ0) is 18.5. The Kier molecular flexibility index (Phi) is 5.98. The second-order valence-electron chi connectivity index (χ2n) is 6.17. The Hall–Kier alpha value is -2.28. The fourth-order valence-corrected chi connectivity index (χ4v) is 3.71. The van der Waals surface area contributed by atoms with Crippen molar-refractivity contribution in [3.63, 3.8) is 0 Å². The molecule has 2 heterocycles. The number of rotatable bonds is 7. The molecule has 1 amide bonds. The molecule has 7 heteroatoms. The van der Waals surface area contributed by atoms with Crippen molar-refractivity contribution in [3.05, 3.63) is 45.7 Å². The van der Waals surface area contributed by atoms with E-state index in [-0.39, 0.29) is 23.8 Å². The third-order valence-electron chi connectivity index (χ3n) is 4.13. The number of benzene rings is 1. The Labute approximate surface area is 156 Å². The lowest BCUT2D eigenvalue weighted by Crippen LogP contribution is -2.31. The van der Waals surface area contributed by atoms with Gasteiger partial charge in [0.1, 0.15) is 11.6 Å². The first-order chi connectivity index (χ1) is 12.6. The zero-order valence-corrected chi connectivity index (χ0v) is 15.8. The second kappa shape index (κ2) is 8.40. The van der Waals surface area contributed by atoms with Crippen LogP contribution in [0.2, 0.25) is 0 Å². The summed E-state index contributed by atoms with van der Waals surface area (Å²) >= 11 is 1.48. The van der Waals surface area contributed by atoms with Crippen LogP contribution in [-0.4, -0.2) is 28.2 Å². The van der Waals surface area contributed by atoms with Crippen molar-refractivity contribution < 1.29 is 9.53 Å². The van der Waals surface area contributed by atoms with Crippen LogP contribution in [0.4, 0.5) is 5.82 Å². The van der Waals surface area contributed by atoms with Crippen LogP contribution in [0, 0.1) is 0 Å². The molecule has 0 fully saturated rings. The molecule has 3 rings (SSSR count). The molecule has 26 heavy (non-hydrogen) atoms. The van der Waals surface area contributed by atoms with Crippen molar-refractivity contribution in [2.45, 2.75) is 44.2 Å². The summed E-state index contributed by atoms with van der Waals surface area (Å²) in [5, 5.41) is 3.29. The molecular weight excluding hydrogens is 350 g/mol. The number of fused-ring (bicyclic) bond motifs is 1. The van der Waals surface area contributed by atoms with Crippen molar-refractivity contribution in [2.75, 3.05) is 17.7 Å². The predicted molar refractivity (Wildman–Crippen MR) is 103 cm³/mol. The quantitative estimate of drug-likeness (QED) is 0.573. The van der Waals surface area contributed by atoms with E-state index in [2.05, 4.69) is 22.2 Å².